The molecule has 8 aromatic rings. The molecule has 0 saturated carbocycles. The Labute approximate surface area is 499 Å². The number of nitrogens with one attached hydrogen (secondary N) is 1. The molecular formula is C68H75F2N11O5. The second kappa shape index (κ2) is 22.2. The summed E-state index contributed by atoms with van der Waals surface area (Å²) in [5.41, 5.74) is 4.74. The number of β-lactam (4-membered cyclic amide) rings is 1. The second-order valence-electron chi connectivity index (χ2n) is 25.6. The molecule has 15 rings (SSSR count). The molecule has 7 fully saturated rings. The van der Waals surface area contributed by atoms with Gasteiger partial charge in [-0.1, -0.05) is 80.6 Å². The van der Waals surface area contributed by atoms with Gasteiger partial charge in [-0.2, -0.15) is 19.9 Å². The number of aliphatic hydroxyl groups is 1. The van der Waals surface area contributed by atoms with E-state index >= 15 is 8.78 Å². The molecule has 1 spiro atoms. The van der Waals surface area contributed by atoms with Crippen LogP contribution in [0.1, 0.15) is 114 Å². The van der Waals surface area contributed by atoms with Crippen molar-refractivity contribution in [1.29, 1.82) is 0 Å². The van der Waals surface area contributed by atoms with Crippen LogP contribution in [0.2, 0.25) is 0 Å². The number of anilines is 2. The van der Waals surface area contributed by atoms with Crippen LogP contribution in [0.25, 0.3) is 65.9 Å². The van der Waals surface area contributed by atoms with Crippen LogP contribution in [0.3, 0.4) is 0 Å². The van der Waals surface area contributed by atoms with Crippen molar-refractivity contribution < 1.29 is 32.9 Å². The highest BCUT2D eigenvalue weighted by Crippen LogP contribution is 2.52. The quantitative estimate of drug-likeness (QED) is 0.0987. The smallest absolute Gasteiger partial charge is 0.319 e. The molecule has 2 N–H and O–H groups in total. The number of rotatable bonds is 14. The zero-order valence-corrected chi connectivity index (χ0v) is 49.4. The fraction of sp³-hybridized carbons (Fsp3) is 0.485. The van der Waals surface area contributed by atoms with Gasteiger partial charge in [0, 0.05) is 68.3 Å². The number of hydrogen-bond acceptors (Lipinski definition) is 15. The normalized spacial score (nSPS) is 24.2. The summed E-state index contributed by atoms with van der Waals surface area (Å²) in [4.78, 5) is 51.7. The van der Waals surface area contributed by atoms with Gasteiger partial charge in [0.1, 0.15) is 47.3 Å². The monoisotopic (exact) mass is 1160 g/mol. The van der Waals surface area contributed by atoms with Gasteiger partial charge < -0.3 is 34.4 Å². The third-order valence-corrected chi connectivity index (χ3v) is 20.7. The average Bonchev–Trinajstić information content (AvgIpc) is 1.36. The SMILES string of the molecule is CCc1cccc2cccc(-c3ncc4c(N5CCCCC6(CC(=O)N6)C5)nc(OCC56CCCN5C(c5ccc(CC)c7c(-c8ncc9c(N%10CCOCC(CO)C%10)nc(OCC%10%11CCCN%10CCC%11)nc9c8F)cccc57)CC6)nc4c3F)c12. The molecule has 1 amide bonds. The molecule has 7 saturated heterocycles. The lowest BCUT2D eigenvalue weighted by atomic mass is 9.83. The maximum atomic E-state index is 18.0. The van der Waals surface area contributed by atoms with Gasteiger partial charge in [0.25, 0.3) is 0 Å². The van der Waals surface area contributed by atoms with Crippen LogP contribution >= 0.6 is 0 Å². The van der Waals surface area contributed by atoms with Crippen molar-refractivity contribution in [3.8, 4) is 34.5 Å². The second-order valence-corrected chi connectivity index (χ2v) is 25.6. The summed E-state index contributed by atoms with van der Waals surface area (Å²) in [6.45, 7) is 11.0. The maximum absolute atomic E-state index is 18.0. The van der Waals surface area contributed by atoms with Crippen LogP contribution in [0.15, 0.2) is 79.1 Å². The first-order chi connectivity index (χ1) is 42.1. The topological polar surface area (TPSA) is 167 Å². The van der Waals surface area contributed by atoms with Crippen LogP contribution in [-0.2, 0) is 22.4 Å². The zero-order chi connectivity index (χ0) is 58.3. The van der Waals surface area contributed by atoms with Gasteiger partial charge in [-0.15, -0.1) is 0 Å². The Hall–Kier alpha value is -7.25. The van der Waals surface area contributed by atoms with Gasteiger partial charge in [-0.3, -0.25) is 24.6 Å². The number of fused-ring (bicyclic) bond motifs is 6. The number of carbonyl (C=O) groups excluding carboxylic acids is 1. The fourth-order valence-corrected chi connectivity index (χ4v) is 16.4. The minimum absolute atomic E-state index is 0.0310. The summed E-state index contributed by atoms with van der Waals surface area (Å²) < 4.78 is 55.1. The van der Waals surface area contributed by atoms with E-state index in [1.165, 1.54) is 5.56 Å². The molecule has 16 nitrogen and oxygen atoms in total. The van der Waals surface area contributed by atoms with E-state index < -0.39 is 11.6 Å². The molecular weight excluding hydrogens is 1090 g/mol. The molecule has 446 valence electrons. The Morgan fingerprint density at radius 1 is 0.674 bits per heavy atom. The van der Waals surface area contributed by atoms with Gasteiger partial charge in [-0.05, 0) is 141 Å². The summed E-state index contributed by atoms with van der Waals surface area (Å²) in [6.07, 6.45) is 16.0. The number of halogens is 2. The number of aromatic nitrogens is 6. The van der Waals surface area contributed by atoms with Gasteiger partial charge >= 0.3 is 12.0 Å². The minimum atomic E-state index is -0.533. The third-order valence-electron chi connectivity index (χ3n) is 20.7. The van der Waals surface area contributed by atoms with E-state index in [2.05, 4.69) is 75.2 Å². The molecule has 7 aliphatic rings. The minimum Gasteiger partial charge on any atom is -0.461 e. The van der Waals surface area contributed by atoms with Gasteiger partial charge in [0.2, 0.25) is 5.91 Å². The van der Waals surface area contributed by atoms with Gasteiger partial charge in [0.05, 0.1) is 47.0 Å². The lowest BCUT2D eigenvalue weighted by molar-refractivity contribution is -0.132. The first-order valence-electron chi connectivity index (χ1n) is 31.6. The molecule has 0 bridgehead atoms. The maximum Gasteiger partial charge on any atom is 0.319 e. The number of benzene rings is 4. The Morgan fingerprint density at radius 3 is 2.01 bits per heavy atom. The largest absolute Gasteiger partial charge is 0.461 e. The number of nitrogens with zero attached hydrogens (tertiary/aromatic N) is 10. The Kier molecular flexibility index (Phi) is 14.3. The molecule has 4 aromatic carbocycles. The number of pyridine rings is 2. The van der Waals surface area contributed by atoms with E-state index in [0.717, 1.165) is 136 Å². The average molecular weight is 1160 g/mol. The van der Waals surface area contributed by atoms with E-state index in [-0.39, 0.29) is 75.5 Å². The number of hydrogen-bond donors (Lipinski definition) is 2. The molecule has 0 radical (unpaired) electrons. The van der Waals surface area contributed by atoms with Crippen LogP contribution in [-0.4, -0.2) is 146 Å². The third kappa shape index (κ3) is 9.37. The van der Waals surface area contributed by atoms with E-state index in [4.69, 9.17) is 44.1 Å². The Balaban J connectivity index is 0.774. The Morgan fingerprint density at radius 2 is 1.31 bits per heavy atom. The number of ether oxygens (including phenoxy) is 3. The molecule has 0 aliphatic carbocycles. The first-order valence-corrected chi connectivity index (χ1v) is 31.6. The highest BCUT2D eigenvalue weighted by molar-refractivity contribution is 6.03. The lowest BCUT2D eigenvalue weighted by Crippen LogP contribution is -2.65. The van der Waals surface area contributed by atoms with Crippen molar-refractivity contribution in [3.05, 3.63) is 107 Å². The fourth-order valence-electron chi connectivity index (χ4n) is 16.4. The molecule has 18 heteroatoms. The van der Waals surface area contributed by atoms with Crippen molar-refractivity contribution in [1.82, 2.24) is 45.0 Å². The van der Waals surface area contributed by atoms with Crippen molar-refractivity contribution in [2.24, 2.45) is 5.92 Å². The summed E-state index contributed by atoms with van der Waals surface area (Å²) in [5, 5.41) is 18.5. The predicted molar refractivity (Wildman–Crippen MR) is 329 cm³/mol. The van der Waals surface area contributed by atoms with Crippen molar-refractivity contribution in [2.75, 3.05) is 88.6 Å². The number of aryl methyl sites for hydroxylation is 2. The molecule has 4 aromatic heterocycles. The highest BCUT2D eigenvalue weighted by Gasteiger charge is 2.51. The zero-order valence-electron chi connectivity index (χ0n) is 49.4. The van der Waals surface area contributed by atoms with Crippen LogP contribution in [0, 0.1) is 17.6 Å². The van der Waals surface area contributed by atoms with E-state index in [9.17, 15) is 9.90 Å². The molecule has 7 aliphatic heterocycles. The Bertz CT molecular complexity index is 3960. The summed E-state index contributed by atoms with van der Waals surface area (Å²) in [6, 6.07) is 23.1. The first kappa shape index (κ1) is 55.3. The van der Waals surface area contributed by atoms with Crippen LogP contribution in [0.5, 0.6) is 12.0 Å². The number of amides is 1. The van der Waals surface area contributed by atoms with E-state index in [1.54, 1.807) is 12.4 Å². The van der Waals surface area contributed by atoms with E-state index in [1.807, 2.05) is 30.3 Å². The van der Waals surface area contributed by atoms with Crippen molar-refractivity contribution in [3.63, 3.8) is 0 Å². The summed E-state index contributed by atoms with van der Waals surface area (Å²) in [7, 11) is 0. The number of carbonyl (C=O) groups is 1. The van der Waals surface area contributed by atoms with Crippen LogP contribution in [0.4, 0.5) is 20.4 Å². The standard InChI is InChI=1S/C68H75F2N11O5/c1-3-43-13-7-14-45-15-8-17-48(54(43)45)58-56(69)61-51(35-71-58)63(79-27-6-5-22-66(39-79)33-53(83)77-66)76-65(74-61)86-41-68-25-12-30-81(68)52(21-26-68)46-20-19-44(4-2)55-47(46)16-9-18-49(55)59-57(70)60-50(34-72-59)62(78-31-32-84-38-42(36-78)37-82)75-64(73-60)85-40-67-23-10-28-80(67)29-11-24-67/h7-9,13-20,34-35,42,52,82H,3-6,10-12,21-33,36-41H2,1-2H3,(H,77,83). The lowest BCUT2D eigenvalue weighted by Gasteiger charge is -2.44. The summed E-state index contributed by atoms with van der Waals surface area (Å²) >= 11 is 0. The van der Waals surface area contributed by atoms with Crippen LogP contribution < -0.4 is 24.6 Å². The summed E-state index contributed by atoms with van der Waals surface area (Å²) in [5.74, 6) is -0.0766. The molecule has 86 heavy (non-hydrogen) atoms. The molecule has 4 atom stereocenters. The van der Waals surface area contributed by atoms with Gasteiger partial charge in [-0.25, -0.2) is 8.78 Å². The predicted octanol–water partition coefficient (Wildman–Crippen LogP) is 10.9. The highest BCUT2D eigenvalue weighted by atomic mass is 19.1. The number of aliphatic hydroxyl groups excluding tert-OH is 1. The van der Waals surface area contributed by atoms with Gasteiger partial charge in [0.15, 0.2) is 11.6 Å². The molecule has 4 unspecified atom stereocenters. The van der Waals surface area contributed by atoms with E-state index in [0.29, 0.717) is 92.6 Å². The van der Waals surface area contributed by atoms with Crippen molar-refractivity contribution >= 4 is 60.9 Å². The van der Waals surface area contributed by atoms with Crippen molar-refractivity contribution in [2.45, 2.75) is 126 Å². The molecule has 11 heterocycles.